The first-order valence-corrected chi connectivity index (χ1v) is 2.48. The summed E-state index contributed by atoms with van der Waals surface area (Å²) in [5.41, 5.74) is 0. The largest absolute Gasteiger partial charge is 0.478 e. The van der Waals surface area contributed by atoms with Crippen LogP contribution in [0.4, 0.5) is 0 Å². The van der Waals surface area contributed by atoms with Gasteiger partial charge in [-0.3, -0.25) is 9.69 Å². The molecule has 1 aliphatic rings. The van der Waals surface area contributed by atoms with Crippen LogP contribution < -0.4 is 0 Å². The highest BCUT2D eigenvalue weighted by Crippen LogP contribution is 1.99. The van der Waals surface area contributed by atoms with Gasteiger partial charge in [0.15, 0.2) is 6.73 Å². The van der Waals surface area contributed by atoms with Crippen molar-refractivity contribution in [2.75, 3.05) is 6.73 Å². The maximum absolute atomic E-state index is 10.7. The number of hydrogen-bond acceptors (Lipinski definition) is 2. The molecule has 0 aromatic rings. The lowest BCUT2D eigenvalue weighted by atomic mass is 10.5. The van der Waals surface area contributed by atoms with E-state index < -0.39 is 0 Å². The molecule has 9 heavy (non-hydrogen) atoms. The van der Waals surface area contributed by atoms with Crippen molar-refractivity contribution in [2.45, 2.75) is 0 Å². The molecule has 0 unspecified atom stereocenters. The normalized spacial score (nSPS) is 15.3. The minimum Gasteiger partial charge on any atom is -0.478 e. The van der Waals surface area contributed by atoms with Crippen LogP contribution in [0.3, 0.4) is 0 Å². The number of nitrogens with zero attached hydrogens (tertiary/aromatic N) is 1. The van der Waals surface area contributed by atoms with Crippen LogP contribution in [0.25, 0.3) is 0 Å². The first kappa shape index (κ1) is 5.88. The third-order valence-corrected chi connectivity index (χ3v) is 0.936. The quantitative estimate of drug-likeness (QED) is 0.469. The van der Waals surface area contributed by atoms with Gasteiger partial charge in [-0.15, -0.1) is 0 Å². The van der Waals surface area contributed by atoms with Crippen LogP contribution in [0, 0.1) is 6.20 Å². The van der Waals surface area contributed by atoms with Crippen molar-refractivity contribution in [3.8, 4) is 0 Å². The number of hydrogen-bond donors (Lipinski definition) is 0. The second-order valence-electron chi connectivity index (χ2n) is 1.51. The van der Waals surface area contributed by atoms with Crippen molar-refractivity contribution in [1.82, 2.24) is 4.90 Å². The van der Waals surface area contributed by atoms with Gasteiger partial charge in [0.25, 0.3) is 5.91 Å². The van der Waals surface area contributed by atoms with Gasteiger partial charge < -0.3 is 4.74 Å². The second kappa shape index (κ2) is 2.35. The third kappa shape index (κ3) is 1.10. The summed E-state index contributed by atoms with van der Waals surface area (Å²) in [4.78, 5) is 12.0. The monoisotopic (exact) mass is 124 g/mol. The Labute approximate surface area is 53.2 Å². The van der Waals surface area contributed by atoms with Crippen molar-refractivity contribution < 1.29 is 9.53 Å². The van der Waals surface area contributed by atoms with Crippen LogP contribution in [0.2, 0.25) is 0 Å². The van der Waals surface area contributed by atoms with E-state index in [0.717, 1.165) is 0 Å². The molecule has 1 heterocycles. The van der Waals surface area contributed by atoms with E-state index >= 15 is 0 Å². The summed E-state index contributed by atoms with van der Waals surface area (Å²) in [6.45, 7) is 3.56. The van der Waals surface area contributed by atoms with Gasteiger partial charge in [0, 0.05) is 0 Å². The molecule has 3 nitrogen and oxygen atoms in total. The highest BCUT2D eigenvalue weighted by Gasteiger charge is 2.10. The van der Waals surface area contributed by atoms with E-state index in [4.69, 9.17) is 4.74 Å². The molecule has 0 saturated heterocycles. The predicted molar refractivity (Wildman–Crippen MR) is 30.8 cm³/mol. The van der Waals surface area contributed by atoms with Crippen molar-refractivity contribution in [2.24, 2.45) is 0 Å². The van der Waals surface area contributed by atoms with Crippen LogP contribution in [-0.4, -0.2) is 17.5 Å². The van der Waals surface area contributed by atoms with E-state index in [1.807, 2.05) is 0 Å². The molecule has 0 bridgehead atoms. The molecule has 1 radical (unpaired) electrons. The first-order valence-electron chi connectivity index (χ1n) is 2.48. The number of ether oxygens (including phenoxy) is 1. The van der Waals surface area contributed by atoms with Gasteiger partial charge in [-0.25, -0.2) is 0 Å². The third-order valence-electron chi connectivity index (χ3n) is 0.936. The SMILES string of the molecule is C=CC(=O)N1[C]=COC1. The average Bonchev–Trinajstić information content (AvgIpc) is 2.37. The minimum atomic E-state index is -0.191. The Bertz CT molecular complexity index is 162. The molecule has 3 heteroatoms. The zero-order chi connectivity index (χ0) is 6.69. The molecule has 0 N–H and O–H groups in total. The minimum absolute atomic E-state index is 0.191. The van der Waals surface area contributed by atoms with Crippen LogP contribution in [0.1, 0.15) is 0 Å². The molecule has 0 atom stereocenters. The molecule has 0 aromatic carbocycles. The van der Waals surface area contributed by atoms with Crippen LogP contribution in [0.5, 0.6) is 0 Å². The van der Waals surface area contributed by atoms with E-state index in [0.29, 0.717) is 0 Å². The molecule has 1 amide bonds. The van der Waals surface area contributed by atoms with Crippen LogP contribution in [0.15, 0.2) is 18.9 Å². The van der Waals surface area contributed by atoms with Crippen molar-refractivity contribution >= 4 is 5.91 Å². The molecular weight excluding hydrogens is 118 g/mol. The summed E-state index contributed by atoms with van der Waals surface area (Å²) in [7, 11) is 0. The molecule has 0 aromatic heterocycles. The Kier molecular flexibility index (Phi) is 1.53. The van der Waals surface area contributed by atoms with E-state index in [2.05, 4.69) is 12.8 Å². The van der Waals surface area contributed by atoms with Gasteiger partial charge in [-0.05, 0) is 6.08 Å². The van der Waals surface area contributed by atoms with Crippen molar-refractivity contribution in [1.29, 1.82) is 0 Å². The van der Waals surface area contributed by atoms with Gasteiger partial charge in [0.2, 0.25) is 0 Å². The van der Waals surface area contributed by atoms with Crippen LogP contribution >= 0.6 is 0 Å². The Balaban J connectivity index is 2.52. The summed E-state index contributed by atoms with van der Waals surface area (Å²) in [6.07, 6.45) is 5.14. The molecule has 1 rings (SSSR count). The summed E-state index contributed by atoms with van der Waals surface area (Å²) >= 11 is 0. The summed E-state index contributed by atoms with van der Waals surface area (Å²) in [5.74, 6) is -0.191. The second-order valence-corrected chi connectivity index (χ2v) is 1.51. The van der Waals surface area contributed by atoms with Gasteiger partial charge >= 0.3 is 0 Å². The highest BCUT2D eigenvalue weighted by atomic mass is 16.5. The maximum Gasteiger partial charge on any atom is 0.253 e. The fraction of sp³-hybridized carbons (Fsp3) is 0.167. The molecule has 1 aliphatic heterocycles. The Morgan fingerprint density at radius 1 is 2.00 bits per heavy atom. The van der Waals surface area contributed by atoms with Crippen LogP contribution in [-0.2, 0) is 9.53 Å². The number of amides is 1. The lowest BCUT2D eigenvalue weighted by molar-refractivity contribution is -0.125. The topological polar surface area (TPSA) is 29.5 Å². The van der Waals surface area contributed by atoms with Crippen molar-refractivity contribution in [3.05, 3.63) is 25.1 Å². The lowest BCUT2D eigenvalue weighted by Gasteiger charge is -2.05. The van der Waals surface area contributed by atoms with Gasteiger partial charge in [0.05, 0.1) is 0 Å². The molecule has 0 spiro atoms. The maximum atomic E-state index is 10.7. The Hall–Kier alpha value is -1.25. The zero-order valence-electron chi connectivity index (χ0n) is 4.83. The van der Waals surface area contributed by atoms with E-state index in [-0.39, 0.29) is 12.6 Å². The molecule has 0 saturated carbocycles. The van der Waals surface area contributed by atoms with E-state index in [1.165, 1.54) is 17.2 Å². The number of carbonyl (C=O) groups excluding carboxylic acids is 1. The van der Waals surface area contributed by atoms with E-state index in [1.54, 1.807) is 0 Å². The highest BCUT2D eigenvalue weighted by molar-refractivity contribution is 5.87. The summed E-state index contributed by atoms with van der Waals surface area (Å²) < 4.78 is 4.70. The van der Waals surface area contributed by atoms with E-state index in [9.17, 15) is 4.79 Å². The Morgan fingerprint density at radius 2 is 2.78 bits per heavy atom. The van der Waals surface area contributed by atoms with Gasteiger partial charge in [0.1, 0.15) is 12.5 Å². The number of rotatable bonds is 1. The van der Waals surface area contributed by atoms with Gasteiger partial charge in [-0.2, -0.15) is 0 Å². The summed E-state index contributed by atoms with van der Waals surface area (Å²) in [5, 5.41) is 0. The van der Waals surface area contributed by atoms with Gasteiger partial charge in [-0.1, -0.05) is 6.58 Å². The molecular formula is C6H6NO2. The zero-order valence-corrected chi connectivity index (χ0v) is 4.83. The lowest BCUT2D eigenvalue weighted by Crippen LogP contribution is -2.21. The Morgan fingerprint density at radius 3 is 3.22 bits per heavy atom. The first-order chi connectivity index (χ1) is 4.34. The summed E-state index contributed by atoms with van der Waals surface area (Å²) in [6, 6.07) is 0. The smallest absolute Gasteiger partial charge is 0.253 e. The molecule has 47 valence electrons. The average molecular weight is 124 g/mol. The fourth-order valence-corrected chi connectivity index (χ4v) is 0.487. The predicted octanol–water partition coefficient (Wildman–Crippen LogP) is 0.263. The van der Waals surface area contributed by atoms with Crippen molar-refractivity contribution in [3.63, 3.8) is 0 Å². The number of carbonyl (C=O) groups is 1. The molecule has 0 aliphatic carbocycles. The standard InChI is InChI=1S/C6H6NO2/c1-2-6(8)7-3-4-9-5-7/h2,4H,1,5H2. The molecule has 0 fully saturated rings. The fourth-order valence-electron chi connectivity index (χ4n) is 0.487.